The first-order valence-corrected chi connectivity index (χ1v) is 5.09. The summed E-state index contributed by atoms with van der Waals surface area (Å²) >= 11 is 0. The van der Waals surface area contributed by atoms with E-state index in [0.717, 1.165) is 5.56 Å². The second-order valence-electron chi connectivity index (χ2n) is 4.16. The van der Waals surface area contributed by atoms with Crippen LogP contribution in [0.2, 0.25) is 0 Å². The number of hydrogen-bond acceptors (Lipinski definition) is 3. The molecule has 1 rings (SSSR count). The largest absolute Gasteiger partial charge is 0.495 e. The fourth-order valence-corrected chi connectivity index (χ4v) is 1.54. The van der Waals surface area contributed by atoms with Crippen LogP contribution in [0.5, 0.6) is 5.75 Å². The summed E-state index contributed by atoms with van der Waals surface area (Å²) in [6.07, 6.45) is 0. The van der Waals surface area contributed by atoms with Gasteiger partial charge in [0.05, 0.1) is 18.2 Å². The van der Waals surface area contributed by atoms with E-state index >= 15 is 0 Å². The molecule has 0 fully saturated rings. The molecule has 1 amide bonds. The van der Waals surface area contributed by atoms with Gasteiger partial charge in [-0.15, -0.1) is 0 Å². The van der Waals surface area contributed by atoms with Gasteiger partial charge in [-0.2, -0.15) is 0 Å². The van der Waals surface area contributed by atoms with Crippen molar-refractivity contribution < 1.29 is 9.53 Å². The Morgan fingerprint density at radius 1 is 1.44 bits per heavy atom. The highest BCUT2D eigenvalue weighted by molar-refractivity contribution is 5.87. The Morgan fingerprint density at radius 3 is 2.56 bits per heavy atom. The van der Waals surface area contributed by atoms with Gasteiger partial charge in [-0.25, -0.2) is 0 Å². The van der Waals surface area contributed by atoms with Gasteiger partial charge in [-0.3, -0.25) is 4.79 Å². The second kappa shape index (κ2) is 4.43. The molecule has 0 atom stereocenters. The van der Waals surface area contributed by atoms with Gasteiger partial charge in [0.25, 0.3) is 0 Å². The van der Waals surface area contributed by atoms with Crippen LogP contribution in [-0.4, -0.2) is 20.1 Å². The van der Waals surface area contributed by atoms with Crippen molar-refractivity contribution in [2.75, 3.05) is 19.9 Å². The Morgan fingerprint density at radius 2 is 2.06 bits per heavy atom. The molecule has 0 spiro atoms. The zero-order valence-electron chi connectivity index (χ0n) is 10.1. The summed E-state index contributed by atoms with van der Waals surface area (Å²) in [5.74, 6) is 0.550. The quantitative estimate of drug-likeness (QED) is 0.758. The lowest BCUT2D eigenvalue weighted by molar-refractivity contribution is -0.125. The smallest absolute Gasteiger partial charge is 0.229 e. The molecule has 1 aromatic carbocycles. The second-order valence-corrected chi connectivity index (χ2v) is 4.16. The van der Waals surface area contributed by atoms with Gasteiger partial charge in [0.15, 0.2) is 0 Å². The molecule has 0 aromatic heterocycles. The molecule has 0 bridgehead atoms. The van der Waals surface area contributed by atoms with Crippen LogP contribution in [0, 0.1) is 0 Å². The third kappa shape index (κ3) is 2.10. The zero-order chi connectivity index (χ0) is 12.3. The molecular weight excluding hydrogens is 204 g/mol. The van der Waals surface area contributed by atoms with Crippen LogP contribution in [0.3, 0.4) is 0 Å². The molecule has 1 aromatic rings. The Kier molecular flexibility index (Phi) is 3.42. The maximum Gasteiger partial charge on any atom is 0.229 e. The summed E-state index contributed by atoms with van der Waals surface area (Å²) in [4.78, 5) is 11.7. The van der Waals surface area contributed by atoms with Crippen molar-refractivity contribution in [1.29, 1.82) is 0 Å². The van der Waals surface area contributed by atoms with E-state index in [0.29, 0.717) is 11.4 Å². The standard InChI is InChI=1S/C12H18N2O2/c1-12(2,11(15)14-3)8-5-6-9(13)10(7-8)16-4/h5-7H,13H2,1-4H3,(H,14,15). The maximum absolute atomic E-state index is 11.7. The number of benzene rings is 1. The highest BCUT2D eigenvalue weighted by Gasteiger charge is 2.29. The van der Waals surface area contributed by atoms with Gasteiger partial charge in [0.1, 0.15) is 5.75 Å². The van der Waals surface area contributed by atoms with E-state index in [1.807, 2.05) is 19.9 Å². The fourth-order valence-electron chi connectivity index (χ4n) is 1.54. The molecule has 3 N–H and O–H groups in total. The lowest BCUT2D eigenvalue weighted by atomic mass is 9.83. The average molecular weight is 222 g/mol. The van der Waals surface area contributed by atoms with Gasteiger partial charge in [-0.05, 0) is 31.5 Å². The number of nitrogen functional groups attached to an aromatic ring is 1. The van der Waals surface area contributed by atoms with E-state index in [2.05, 4.69) is 5.32 Å². The monoisotopic (exact) mass is 222 g/mol. The van der Waals surface area contributed by atoms with Crippen molar-refractivity contribution >= 4 is 11.6 Å². The number of amides is 1. The minimum atomic E-state index is -0.601. The lowest BCUT2D eigenvalue weighted by Crippen LogP contribution is -2.37. The van der Waals surface area contributed by atoms with E-state index < -0.39 is 5.41 Å². The number of nitrogens with one attached hydrogen (secondary N) is 1. The third-order valence-electron chi connectivity index (χ3n) is 2.75. The van der Waals surface area contributed by atoms with Gasteiger partial charge in [0, 0.05) is 7.05 Å². The molecule has 88 valence electrons. The molecule has 0 saturated heterocycles. The number of rotatable bonds is 3. The first-order chi connectivity index (χ1) is 7.43. The van der Waals surface area contributed by atoms with E-state index in [4.69, 9.17) is 10.5 Å². The van der Waals surface area contributed by atoms with Gasteiger partial charge < -0.3 is 15.8 Å². The van der Waals surface area contributed by atoms with Crippen molar-refractivity contribution in [2.45, 2.75) is 19.3 Å². The molecule has 0 saturated carbocycles. The van der Waals surface area contributed by atoms with Crippen molar-refractivity contribution in [2.24, 2.45) is 0 Å². The van der Waals surface area contributed by atoms with Crippen LogP contribution in [-0.2, 0) is 10.2 Å². The minimum Gasteiger partial charge on any atom is -0.495 e. The Labute approximate surface area is 95.8 Å². The molecule has 0 aliphatic rings. The summed E-state index contributed by atoms with van der Waals surface area (Å²) < 4.78 is 5.14. The molecule has 0 radical (unpaired) electrons. The third-order valence-corrected chi connectivity index (χ3v) is 2.75. The predicted octanol–water partition coefficient (Wildman–Crippen LogP) is 1.30. The summed E-state index contributed by atoms with van der Waals surface area (Å²) in [5, 5.41) is 2.64. The van der Waals surface area contributed by atoms with Crippen molar-refractivity contribution in [1.82, 2.24) is 5.32 Å². The number of carbonyl (C=O) groups excluding carboxylic acids is 1. The fraction of sp³-hybridized carbons (Fsp3) is 0.417. The summed E-state index contributed by atoms with van der Waals surface area (Å²) in [6, 6.07) is 5.39. The molecule has 4 heteroatoms. The first kappa shape index (κ1) is 12.4. The van der Waals surface area contributed by atoms with E-state index in [9.17, 15) is 4.79 Å². The Hall–Kier alpha value is -1.71. The predicted molar refractivity (Wildman–Crippen MR) is 64.5 cm³/mol. The molecule has 0 unspecified atom stereocenters. The number of anilines is 1. The molecule has 0 heterocycles. The molecule has 0 aliphatic heterocycles. The van der Waals surface area contributed by atoms with E-state index in [1.54, 1.807) is 26.3 Å². The van der Waals surface area contributed by atoms with Crippen molar-refractivity contribution in [3.8, 4) is 5.75 Å². The number of nitrogens with two attached hydrogens (primary N) is 1. The SMILES string of the molecule is CNC(=O)C(C)(C)c1ccc(N)c(OC)c1. The van der Waals surface area contributed by atoms with Crippen LogP contribution < -0.4 is 15.8 Å². The number of hydrogen-bond donors (Lipinski definition) is 2. The average Bonchev–Trinajstić information content (AvgIpc) is 2.28. The molecule has 16 heavy (non-hydrogen) atoms. The number of likely N-dealkylation sites (N-methyl/N-ethyl adjacent to an activating group) is 1. The van der Waals surface area contributed by atoms with Crippen LogP contribution in [0.15, 0.2) is 18.2 Å². The minimum absolute atomic E-state index is 0.0423. The molecule has 4 nitrogen and oxygen atoms in total. The van der Waals surface area contributed by atoms with Crippen molar-refractivity contribution in [3.63, 3.8) is 0 Å². The van der Waals surface area contributed by atoms with E-state index in [-0.39, 0.29) is 5.91 Å². The van der Waals surface area contributed by atoms with Crippen LogP contribution >= 0.6 is 0 Å². The number of carbonyl (C=O) groups is 1. The first-order valence-electron chi connectivity index (χ1n) is 5.09. The zero-order valence-corrected chi connectivity index (χ0v) is 10.1. The highest BCUT2D eigenvalue weighted by Crippen LogP contribution is 2.30. The summed E-state index contributed by atoms with van der Waals surface area (Å²) in [7, 11) is 3.18. The number of methoxy groups -OCH3 is 1. The van der Waals surface area contributed by atoms with Gasteiger partial charge in [-0.1, -0.05) is 6.07 Å². The van der Waals surface area contributed by atoms with Crippen LogP contribution in [0.4, 0.5) is 5.69 Å². The van der Waals surface area contributed by atoms with Gasteiger partial charge in [0.2, 0.25) is 5.91 Å². The normalized spacial score (nSPS) is 11.0. The Balaban J connectivity index is 3.18. The summed E-state index contributed by atoms with van der Waals surface area (Å²) in [6.45, 7) is 3.72. The molecular formula is C12H18N2O2. The Bertz CT molecular complexity index is 400. The lowest BCUT2D eigenvalue weighted by Gasteiger charge is -2.23. The van der Waals surface area contributed by atoms with Gasteiger partial charge >= 0.3 is 0 Å². The van der Waals surface area contributed by atoms with E-state index in [1.165, 1.54) is 0 Å². The topological polar surface area (TPSA) is 64.4 Å². The molecule has 0 aliphatic carbocycles. The highest BCUT2D eigenvalue weighted by atomic mass is 16.5. The number of ether oxygens (including phenoxy) is 1. The summed E-state index contributed by atoms with van der Waals surface area (Å²) in [5.41, 5.74) is 6.57. The maximum atomic E-state index is 11.7. The van der Waals surface area contributed by atoms with Crippen LogP contribution in [0.25, 0.3) is 0 Å². The van der Waals surface area contributed by atoms with Crippen LogP contribution in [0.1, 0.15) is 19.4 Å². The van der Waals surface area contributed by atoms with Crippen molar-refractivity contribution in [3.05, 3.63) is 23.8 Å².